The lowest BCUT2D eigenvalue weighted by atomic mass is 10.0. The van der Waals surface area contributed by atoms with E-state index in [1.807, 2.05) is 51.1 Å². The highest BCUT2D eigenvalue weighted by Crippen LogP contribution is 2.22. The van der Waals surface area contributed by atoms with Crippen molar-refractivity contribution in [3.05, 3.63) is 83.2 Å². The fraction of sp³-hybridized carbons (Fsp3) is 0.457. The number of nitrogens with one attached hydrogen (secondary N) is 5. The van der Waals surface area contributed by atoms with E-state index < -0.39 is 46.0 Å². The van der Waals surface area contributed by atoms with Gasteiger partial charge in [0, 0.05) is 50.6 Å². The van der Waals surface area contributed by atoms with E-state index >= 15 is 0 Å². The number of nitrogens with zero attached hydrogens (tertiary/aromatic N) is 3. The van der Waals surface area contributed by atoms with Gasteiger partial charge in [-0.05, 0) is 62.9 Å². The molecule has 0 bridgehead atoms. The van der Waals surface area contributed by atoms with Crippen LogP contribution in [0.4, 0.5) is 5.69 Å². The predicted molar refractivity (Wildman–Crippen MR) is 193 cm³/mol. The maximum atomic E-state index is 13.9. The van der Waals surface area contributed by atoms with Gasteiger partial charge in [-0.1, -0.05) is 44.2 Å². The Labute approximate surface area is 294 Å². The van der Waals surface area contributed by atoms with Crippen LogP contribution in [0.3, 0.4) is 0 Å². The SMILES string of the molecule is CCNC(=O)[C@@H](NC(=O)[C@H](C)NC[C@H](Cc1ccccc1)NC(=O)c1cc(C(=O)NC(C)c2ccn(C)n2)cc(N(C)S(C)(=O)=O)c1)C(C)C. The largest absolute Gasteiger partial charge is 0.355 e. The Bertz CT molecular complexity index is 1740. The molecule has 4 atom stereocenters. The number of amides is 4. The maximum absolute atomic E-state index is 13.9. The van der Waals surface area contributed by atoms with Crippen LogP contribution < -0.4 is 30.9 Å². The molecule has 1 aromatic heterocycles. The van der Waals surface area contributed by atoms with Crippen molar-refractivity contribution in [3.63, 3.8) is 0 Å². The minimum absolute atomic E-state index is 0.0687. The Hall–Kier alpha value is -4.76. The van der Waals surface area contributed by atoms with Gasteiger partial charge in [0.1, 0.15) is 6.04 Å². The van der Waals surface area contributed by atoms with Gasteiger partial charge >= 0.3 is 0 Å². The van der Waals surface area contributed by atoms with Crippen LogP contribution >= 0.6 is 0 Å². The summed E-state index contributed by atoms with van der Waals surface area (Å²) < 4.78 is 27.6. The molecule has 14 nitrogen and oxygen atoms in total. The first kappa shape index (κ1) is 39.7. The summed E-state index contributed by atoms with van der Waals surface area (Å²) in [5.74, 6) is -1.83. The average Bonchev–Trinajstić information content (AvgIpc) is 3.51. The van der Waals surface area contributed by atoms with E-state index in [1.54, 1.807) is 37.8 Å². The van der Waals surface area contributed by atoms with E-state index in [2.05, 4.69) is 31.7 Å². The standard InChI is InChI=1S/C35H50N8O6S/c1-9-36-35(47)31(22(2)3)40-32(44)24(5)37-21-28(17-25-13-11-10-12-14-25)39-34(46)27-18-26(19-29(20-27)43(7)50(8,48)49)33(45)38-23(4)30-15-16-42(6)41-30/h10-16,18-20,22-24,28,31,37H,9,17,21H2,1-8H3,(H,36,47)(H,38,45)(H,39,46)(H,40,44)/t23?,24-,28-,31-/m0/s1. The quantitative estimate of drug-likeness (QED) is 0.141. The Balaban J connectivity index is 1.86. The fourth-order valence-electron chi connectivity index (χ4n) is 5.12. The van der Waals surface area contributed by atoms with Gasteiger partial charge in [-0.15, -0.1) is 0 Å². The molecule has 0 aliphatic carbocycles. The summed E-state index contributed by atoms with van der Waals surface area (Å²) in [6.07, 6.45) is 3.19. The smallest absolute Gasteiger partial charge is 0.251 e. The minimum Gasteiger partial charge on any atom is -0.355 e. The number of carbonyl (C=O) groups is 4. The van der Waals surface area contributed by atoms with Crippen molar-refractivity contribution >= 4 is 39.3 Å². The topological polar surface area (TPSA) is 184 Å². The second-order valence-corrected chi connectivity index (χ2v) is 14.7. The van der Waals surface area contributed by atoms with Crippen LogP contribution in [0, 0.1) is 5.92 Å². The fourth-order valence-corrected chi connectivity index (χ4v) is 5.60. The van der Waals surface area contributed by atoms with Crippen LogP contribution in [0.1, 0.15) is 72.6 Å². The summed E-state index contributed by atoms with van der Waals surface area (Å²) >= 11 is 0. The molecule has 50 heavy (non-hydrogen) atoms. The average molecular weight is 711 g/mol. The molecule has 15 heteroatoms. The van der Waals surface area contributed by atoms with Gasteiger partial charge < -0.3 is 26.6 Å². The Morgan fingerprint density at radius 2 is 1.50 bits per heavy atom. The van der Waals surface area contributed by atoms with Gasteiger partial charge in [0.2, 0.25) is 21.8 Å². The molecule has 5 N–H and O–H groups in total. The number of benzene rings is 2. The lowest BCUT2D eigenvalue weighted by molar-refractivity contribution is -0.130. The second kappa shape index (κ2) is 17.8. The summed E-state index contributed by atoms with van der Waals surface area (Å²) in [5, 5.41) is 18.9. The molecule has 0 radical (unpaired) electrons. The van der Waals surface area contributed by atoms with E-state index in [4.69, 9.17) is 0 Å². The van der Waals surface area contributed by atoms with E-state index in [-0.39, 0.29) is 41.1 Å². The third-order valence-electron chi connectivity index (χ3n) is 8.15. The molecular weight excluding hydrogens is 661 g/mol. The molecule has 1 heterocycles. The van der Waals surface area contributed by atoms with Gasteiger partial charge in [-0.2, -0.15) is 5.10 Å². The number of hydrogen-bond acceptors (Lipinski definition) is 8. The molecule has 0 saturated heterocycles. The van der Waals surface area contributed by atoms with Crippen molar-refractivity contribution in [1.82, 2.24) is 36.4 Å². The zero-order valence-corrected chi connectivity index (χ0v) is 30.8. The van der Waals surface area contributed by atoms with Crippen LogP contribution in [0.5, 0.6) is 0 Å². The van der Waals surface area contributed by atoms with Crippen molar-refractivity contribution in [1.29, 1.82) is 0 Å². The van der Waals surface area contributed by atoms with E-state index in [0.29, 0.717) is 18.7 Å². The third-order valence-corrected chi connectivity index (χ3v) is 9.36. The molecule has 2 aromatic carbocycles. The molecule has 4 amide bonds. The Kier molecular flexibility index (Phi) is 14.1. The zero-order chi connectivity index (χ0) is 37.2. The van der Waals surface area contributed by atoms with Crippen LogP contribution in [-0.2, 0) is 33.1 Å². The van der Waals surface area contributed by atoms with Crippen molar-refractivity contribution in [2.24, 2.45) is 13.0 Å². The number of hydrogen-bond donors (Lipinski definition) is 5. The molecule has 0 saturated carbocycles. The van der Waals surface area contributed by atoms with Gasteiger partial charge in [0.05, 0.1) is 29.7 Å². The molecule has 0 spiro atoms. The zero-order valence-electron chi connectivity index (χ0n) is 30.0. The summed E-state index contributed by atoms with van der Waals surface area (Å²) in [6.45, 7) is 9.57. The third kappa shape index (κ3) is 11.4. The van der Waals surface area contributed by atoms with Crippen LogP contribution in [0.25, 0.3) is 0 Å². The predicted octanol–water partition coefficient (Wildman–Crippen LogP) is 1.90. The van der Waals surface area contributed by atoms with Crippen molar-refractivity contribution in [3.8, 4) is 0 Å². The van der Waals surface area contributed by atoms with Crippen LogP contribution in [0.15, 0.2) is 60.8 Å². The van der Waals surface area contributed by atoms with Crippen molar-refractivity contribution < 1.29 is 27.6 Å². The van der Waals surface area contributed by atoms with Crippen LogP contribution in [0.2, 0.25) is 0 Å². The molecule has 0 aliphatic heterocycles. The number of anilines is 1. The molecule has 0 fully saturated rings. The van der Waals surface area contributed by atoms with Gasteiger partial charge in [0.15, 0.2) is 0 Å². The van der Waals surface area contributed by atoms with Crippen molar-refractivity contribution in [2.75, 3.05) is 30.7 Å². The first-order chi connectivity index (χ1) is 23.5. The normalized spacial score (nSPS) is 13.9. The highest BCUT2D eigenvalue weighted by atomic mass is 32.2. The van der Waals surface area contributed by atoms with Crippen molar-refractivity contribution in [2.45, 2.75) is 65.2 Å². The molecule has 3 aromatic rings. The molecular formula is C35H50N8O6S. The monoisotopic (exact) mass is 710 g/mol. The molecule has 1 unspecified atom stereocenters. The molecule has 272 valence electrons. The number of likely N-dealkylation sites (N-methyl/N-ethyl adjacent to an activating group) is 1. The van der Waals surface area contributed by atoms with E-state index in [9.17, 15) is 27.6 Å². The maximum Gasteiger partial charge on any atom is 0.251 e. The number of rotatable bonds is 17. The lowest BCUT2D eigenvalue weighted by Gasteiger charge is -2.25. The highest BCUT2D eigenvalue weighted by Gasteiger charge is 2.27. The van der Waals surface area contributed by atoms with Gasteiger partial charge in [0.25, 0.3) is 11.8 Å². The van der Waals surface area contributed by atoms with E-state index in [1.165, 1.54) is 25.2 Å². The van der Waals surface area contributed by atoms with Crippen LogP contribution in [-0.4, -0.2) is 86.3 Å². The molecule has 3 rings (SSSR count). The number of carbonyl (C=O) groups excluding carboxylic acids is 4. The highest BCUT2D eigenvalue weighted by molar-refractivity contribution is 7.92. The minimum atomic E-state index is -3.73. The lowest BCUT2D eigenvalue weighted by Crippen LogP contribution is -2.55. The second-order valence-electron chi connectivity index (χ2n) is 12.7. The number of aromatic nitrogens is 2. The number of sulfonamides is 1. The van der Waals surface area contributed by atoms with Gasteiger partial charge in [-0.3, -0.25) is 28.2 Å². The Morgan fingerprint density at radius 3 is 2.04 bits per heavy atom. The van der Waals surface area contributed by atoms with E-state index in [0.717, 1.165) is 16.1 Å². The summed E-state index contributed by atoms with van der Waals surface area (Å²) in [7, 11) is -0.627. The van der Waals surface area contributed by atoms with Gasteiger partial charge in [-0.25, -0.2) is 8.42 Å². The summed E-state index contributed by atoms with van der Waals surface area (Å²) in [6, 6.07) is 13.1. The number of aryl methyl sites for hydroxylation is 1. The first-order valence-electron chi connectivity index (χ1n) is 16.6. The summed E-state index contributed by atoms with van der Waals surface area (Å²) in [5.41, 5.74) is 1.85. The summed E-state index contributed by atoms with van der Waals surface area (Å²) in [4.78, 5) is 52.9. The first-order valence-corrected chi connectivity index (χ1v) is 18.4. The Morgan fingerprint density at radius 1 is 0.880 bits per heavy atom. The molecule has 0 aliphatic rings.